The lowest BCUT2D eigenvalue weighted by molar-refractivity contribution is -0.0739. The van der Waals surface area contributed by atoms with Gasteiger partial charge in [0.2, 0.25) is 0 Å². The summed E-state index contributed by atoms with van der Waals surface area (Å²) in [7, 11) is 1.61. The van der Waals surface area contributed by atoms with E-state index in [1.165, 1.54) is 0 Å². The number of methoxy groups -OCH3 is 1. The Balaban J connectivity index is 2.33. The number of fused-ring (bicyclic) bond motifs is 1. The largest absolute Gasteiger partial charge is 0.496 e. The molecule has 1 aliphatic heterocycles. The van der Waals surface area contributed by atoms with Crippen LogP contribution in [0, 0.1) is 0 Å². The third kappa shape index (κ3) is 3.04. The molecule has 0 aliphatic carbocycles. The van der Waals surface area contributed by atoms with Crippen molar-refractivity contribution < 1.29 is 19.7 Å². The van der Waals surface area contributed by atoms with Gasteiger partial charge in [-0.05, 0) is 47.8 Å². The summed E-state index contributed by atoms with van der Waals surface area (Å²) in [6.07, 6.45) is 0.733. The van der Waals surface area contributed by atoms with Gasteiger partial charge in [0.1, 0.15) is 11.5 Å². The Hall–Kier alpha value is -0.780. The number of aliphatic hydroxyl groups is 2. The Morgan fingerprint density at radius 1 is 1.47 bits per heavy atom. The molecule has 0 bridgehead atoms. The van der Waals surface area contributed by atoms with Crippen LogP contribution in [0.25, 0.3) is 0 Å². The average Bonchev–Trinajstić information content (AvgIpc) is 2.41. The molecule has 5 heteroatoms. The summed E-state index contributed by atoms with van der Waals surface area (Å²) in [5.41, 5.74) is -0.144. The zero-order valence-electron chi connectivity index (χ0n) is 11.1. The van der Waals surface area contributed by atoms with Gasteiger partial charge < -0.3 is 19.7 Å². The Morgan fingerprint density at radius 3 is 2.89 bits per heavy atom. The van der Waals surface area contributed by atoms with E-state index >= 15 is 0 Å². The van der Waals surface area contributed by atoms with Gasteiger partial charge in [-0.2, -0.15) is 0 Å². The molecule has 0 radical (unpaired) electrons. The van der Waals surface area contributed by atoms with Crippen molar-refractivity contribution in [3.05, 3.63) is 22.2 Å². The van der Waals surface area contributed by atoms with Gasteiger partial charge in [-0.15, -0.1) is 0 Å². The van der Waals surface area contributed by atoms with E-state index in [9.17, 15) is 10.2 Å². The van der Waals surface area contributed by atoms with Crippen molar-refractivity contribution in [2.24, 2.45) is 0 Å². The van der Waals surface area contributed by atoms with Gasteiger partial charge in [-0.25, -0.2) is 0 Å². The van der Waals surface area contributed by atoms with Crippen molar-refractivity contribution in [2.45, 2.75) is 37.9 Å². The van der Waals surface area contributed by atoms with Crippen LogP contribution in [0.2, 0.25) is 0 Å². The van der Waals surface area contributed by atoms with Crippen molar-refractivity contribution in [3.63, 3.8) is 0 Å². The minimum absolute atomic E-state index is 0.371. The van der Waals surface area contributed by atoms with Crippen molar-refractivity contribution in [1.82, 2.24) is 0 Å². The molecule has 0 aromatic heterocycles. The molecule has 0 unspecified atom stereocenters. The molecule has 0 amide bonds. The van der Waals surface area contributed by atoms with Crippen molar-refractivity contribution in [2.75, 3.05) is 13.7 Å². The summed E-state index contributed by atoms with van der Waals surface area (Å²) in [4.78, 5) is 0. The van der Waals surface area contributed by atoms with Gasteiger partial charge in [-0.1, -0.05) is 0 Å². The predicted octanol–water partition coefficient (Wildman–Crippen LogP) is 2.28. The summed E-state index contributed by atoms with van der Waals surface area (Å²) in [5.74, 6) is 1.51. The monoisotopic (exact) mass is 330 g/mol. The fourth-order valence-electron chi connectivity index (χ4n) is 2.23. The van der Waals surface area contributed by atoms with E-state index in [-0.39, 0.29) is 0 Å². The van der Waals surface area contributed by atoms with E-state index < -0.39 is 11.7 Å². The highest BCUT2D eigenvalue weighted by atomic mass is 79.9. The van der Waals surface area contributed by atoms with Gasteiger partial charge in [-0.3, -0.25) is 0 Å². The molecule has 2 N–H and O–H groups in total. The first kappa shape index (κ1) is 14.6. The molecule has 0 saturated carbocycles. The van der Waals surface area contributed by atoms with Crippen molar-refractivity contribution >= 4 is 15.9 Å². The summed E-state index contributed by atoms with van der Waals surface area (Å²) in [5, 5.41) is 20.2. The molecule has 1 heterocycles. The first-order valence-electron chi connectivity index (χ1n) is 6.34. The zero-order valence-corrected chi connectivity index (χ0v) is 12.7. The highest BCUT2D eigenvalue weighted by Crippen LogP contribution is 2.37. The van der Waals surface area contributed by atoms with E-state index in [2.05, 4.69) is 15.9 Å². The van der Waals surface area contributed by atoms with Gasteiger partial charge >= 0.3 is 0 Å². The Labute approximate surface area is 121 Å². The first-order chi connectivity index (χ1) is 8.95. The van der Waals surface area contributed by atoms with Crippen LogP contribution in [0.5, 0.6) is 11.5 Å². The molecular formula is C14H19BrO4. The summed E-state index contributed by atoms with van der Waals surface area (Å²) < 4.78 is 11.8. The normalized spacial score (nSPS) is 27.5. The molecule has 0 saturated heterocycles. The van der Waals surface area contributed by atoms with Crippen LogP contribution in [0.3, 0.4) is 0 Å². The maximum Gasteiger partial charge on any atom is 0.133 e. The third-order valence-electron chi connectivity index (χ3n) is 3.64. The number of hydrogen-bond acceptors (Lipinski definition) is 4. The van der Waals surface area contributed by atoms with E-state index in [0.29, 0.717) is 25.9 Å². The first-order valence-corrected chi connectivity index (χ1v) is 7.13. The molecule has 0 fully saturated rings. The van der Waals surface area contributed by atoms with E-state index in [0.717, 1.165) is 21.5 Å². The zero-order chi connectivity index (χ0) is 14.0. The van der Waals surface area contributed by atoms with E-state index in [1.807, 2.05) is 12.1 Å². The number of ether oxygens (including phenoxy) is 2. The minimum atomic E-state index is -1.11. The number of hydrogen-bond donors (Lipinski definition) is 2. The van der Waals surface area contributed by atoms with Crippen LogP contribution in [0.1, 0.15) is 25.3 Å². The van der Waals surface area contributed by atoms with Gasteiger partial charge in [0.25, 0.3) is 0 Å². The van der Waals surface area contributed by atoms with Crippen LogP contribution >= 0.6 is 15.9 Å². The minimum Gasteiger partial charge on any atom is -0.496 e. The van der Waals surface area contributed by atoms with E-state index in [4.69, 9.17) is 9.47 Å². The molecule has 2 atom stereocenters. The Kier molecular flexibility index (Phi) is 4.38. The summed E-state index contributed by atoms with van der Waals surface area (Å²) in [6.45, 7) is 2.02. The van der Waals surface area contributed by atoms with Gasteiger partial charge in [0, 0.05) is 12.0 Å². The fourth-order valence-corrected chi connectivity index (χ4v) is 2.92. The third-order valence-corrected chi connectivity index (χ3v) is 4.51. The molecule has 1 aliphatic rings. The number of halogens is 1. The molecule has 0 spiro atoms. The fraction of sp³-hybridized carbons (Fsp3) is 0.571. The number of benzene rings is 1. The van der Waals surface area contributed by atoms with Crippen molar-refractivity contribution in [1.29, 1.82) is 0 Å². The molecule has 106 valence electrons. The van der Waals surface area contributed by atoms with Crippen LogP contribution in [-0.2, 0) is 6.42 Å². The second-order valence-electron chi connectivity index (χ2n) is 5.07. The second kappa shape index (κ2) is 5.69. The quantitative estimate of drug-likeness (QED) is 0.829. The van der Waals surface area contributed by atoms with Gasteiger partial charge in [0.05, 0.1) is 29.9 Å². The van der Waals surface area contributed by atoms with Crippen LogP contribution in [-0.4, -0.2) is 35.6 Å². The molecule has 19 heavy (non-hydrogen) atoms. The highest BCUT2D eigenvalue weighted by molar-refractivity contribution is 9.10. The SMILES string of the molecule is COc1ccc2c(c1Br)CC[C@H](O)[C@](C)(O)CCO2. The Morgan fingerprint density at radius 2 is 2.21 bits per heavy atom. The smallest absolute Gasteiger partial charge is 0.133 e. The molecule has 1 aromatic rings. The summed E-state index contributed by atoms with van der Waals surface area (Å²) >= 11 is 3.51. The van der Waals surface area contributed by atoms with Crippen LogP contribution in [0.4, 0.5) is 0 Å². The highest BCUT2D eigenvalue weighted by Gasteiger charge is 2.31. The summed E-state index contributed by atoms with van der Waals surface area (Å²) in [6, 6.07) is 3.71. The molecule has 4 nitrogen and oxygen atoms in total. The second-order valence-corrected chi connectivity index (χ2v) is 5.86. The lowest BCUT2D eigenvalue weighted by Crippen LogP contribution is -2.40. The van der Waals surface area contributed by atoms with Gasteiger partial charge in [0.15, 0.2) is 0 Å². The average molecular weight is 331 g/mol. The lowest BCUT2D eigenvalue weighted by atomic mass is 9.91. The maximum atomic E-state index is 10.2. The molecule has 2 rings (SSSR count). The topological polar surface area (TPSA) is 58.9 Å². The molecule has 1 aromatic carbocycles. The lowest BCUT2D eigenvalue weighted by Gasteiger charge is -2.28. The number of rotatable bonds is 1. The molecular weight excluding hydrogens is 312 g/mol. The standard InChI is InChI=1S/C14H19BrO4/c1-14(17)7-8-19-10-4-5-11(18-2)13(15)9(10)3-6-12(14)16/h4-5,12,16-17H,3,6-8H2,1-2H3/t12-,14+/m0/s1. The van der Waals surface area contributed by atoms with Crippen molar-refractivity contribution in [3.8, 4) is 11.5 Å². The Bertz CT molecular complexity index is 459. The number of aliphatic hydroxyl groups excluding tert-OH is 1. The van der Waals surface area contributed by atoms with E-state index in [1.54, 1.807) is 14.0 Å². The maximum absolute atomic E-state index is 10.2. The van der Waals surface area contributed by atoms with Crippen LogP contribution < -0.4 is 9.47 Å². The van der Waals surface area contributed by atoms with Crippen LogP contribution in [0.15, 0.2) is 16.6 Å². The predicted molar refractivity (Wildman–Crippen MR) is 75.8 cm³/mol.